The van der Waals surface area contributed by atoms with Crippen LogP contribution in [0.1, 0.15) is 102 Å². The van der Waals surface area contributed by atoms with Gasteiger partial charge >= 0.3 is 30.0 Å². The zero-order valence-electron chi connectivity index (χ0n) is 38.4. The third kappa shape index (κ3) is 8.82. The van der Waals surface area contributed by atoms with E-state index >= 15 is 4.79 Å². The number of carbonyl (C=O) groups is 6. The highest BCUT2D eigenvalue weighted by Crippen LogP contribution is 2.60. The molecule has 3 aromatic rings. The number of fused-ring (bicyclic) bond motifs is 6. The molecule has 8 rings (SSSR count). The van der Waals surface area contributed by atoms with E-state index in [4.69, 9.17) is 33.2 Å². The molecule has 14 atom stereocenters. The maximum absolute atomic E-state index is 15.2. The minimum atomic E-state index is -2.16. The van der Waals surface area contributed by atoms with E-state index in [1.165, 1.54) is 19.1 Å². The highest BCUT2D eigenvalue weighted by molar-refractivity contribution is 7.16. The van der Waals surface area contributed by atoms with Crippen LogP contribution in [0.5, 0.6) is 11.5 Å². The quantitative estimate of drug-likeness (QED) is 0.134. The van der Waals surface area contributed by atoms with Crippen LogP contribution in [-0.4, -0.2) is 124 Å². The average molecular weight is 964 g/mol. The molecule has 3 heterocycles. The number of nitrogens with one attached hydrogen (secondary N) is 1. The first-order chi connectivity index (χ1) is 32.1. The summed E-state index contributed by atoms with van der Waals surface area (Å²) >= 11 is 0.503. The van der Waals surface area contributed by atoms with Gasteiger partial charge in [0.2, 0.25) is 6.10 Å². The lowest BCUT2D eigenvalue weighted by molar-refractivity contribution is -0.287. The maximum Gasteiger partial charge on any atom is 0.408 e. The Labute approximate surface area is 396 Å². The van der Waals surface area contributed by atoms with Gasteiger partial charge in [0.15, 0.2) is 27.0 Å². The highest BCUT2D eigenvalue weighted by Gasteiger charge is 2.71. The maximum atomic E-state index is 15.2. The van der Waals surface area contributed by atoms with Crippen LogP contribution in [0.25, 0.3) is 0 Å². The van der Waals surface area contributed by atoms with Crippen LogP contribution in [0.2, 0.25) is 0 Å². The van der Waals surface area contributed by atoms with Crippen molar-refractivity contribution in [3.8, 4) is 11.5 Å². The predicted molar refractivity (Wildman–Crippen MR) is 238 cm³/mol. The van der Waals surface area contributed by atoms with E-state index in [0.717, 1.165) is 0 Å². The fraction of sp³-hybridized carbons (Fsp3) is 0.551. The molecule has 68 heavy (non-hydrogen) atoms. The minimum absolute atomic E-state index is 0.0624. The number of aliphatic hydroxyl groups excluding tert-OH is 2. The number of carboxylic acids is 1. The van der Waals surface area contributed by atoms with E-state index in [-0.39, 0.29) is 58.6 Å². The summed E-state index contributed by atoms with van der Waals surface area (Å²) in [6.45, 7) is 9.90. The molecule has 1 amide bonds. The number of hydrogen-bond acceptors (Lipinski definition) is 17. The molecule has 4 fully saturated rings. The van der Waals surface area contributed by atoms with Gasteiger partial charge in [-0.25, -0.2) is 24.0 Å². The van der Waals surface area contributed by atoms with Crippen molar-refractivity contribution in [3.63, 3.8) is 0 Å². The van der Waals surface area contributed by atoms with Gasteiger partial charge in [0.25, 0.3) is 0 Å². The molecule has 18 nitrogen and oxygen atoms in total. The number of aliphatic hydroxyl groups is 3. The highest BCUT2D eigenvalue weighted by atomic mass is 32.1. The third-order valence-corrected chi connectivity index (χ3v) is 15.6. The van der Waals surface area contributed by atoms with Gasteiger partial charge < -0.3 is 58.9 Å². The van der Waals surface area contributed by atoms with Crippen LogP contribution in [0.3, 0.4) is 0 Å². The Balaban J connectivity index is 1.21. The summed E-state index contributed by atoms with van der Waals surface area (Å²) in [5, 5.41) is 50.1. The van der Waals surface area contributed by atoms with Crippen molar-refractivity contribution in [2.75, 3.05) is 19.8 Å². The number of ketones is 1. The predicted octanol–water partition coefficient (Wildman–Crippen LogP) is 4.91. The Kier molecular flexibility index (Phi) is 13.4. The second kappa shape index (κ2) is 18.7. The van der Waals surface area contributed by atoms with Crippen molar-refractivity contribution in [1.29, 1.82) is 0 Å². The summed E-state index contributed by atoms with van der Waals surface area (Å²) in [5.41, 5.74) is -4.52. The fourth-order valence-electron chi connectivity index (χ4n) is 10.9. The summed E-state index contributed by atoms with van der Waals surface area (Å²) < 4.78 is 41.6. The first-order valence-electron chi connectivity index (χ1n) is 22.8. The smallest absolute Gasteiger partial charge is 0.408 e. The monoisotopic (exact) mass is 963 g/mol. The second-order valence-electron chi connectivity index (χ2n) is 19.6. The molecular formula is C49H57NO17S. The number of aromatic carboxylic acids is 1. The van der Waals surface area contributed by atoms with Gasteiger partial charge in [0, 0.05) is 37.0 Å². The number of rotatable bonds is 10. The molecule has 5 N–H and O–H groups in total. The normalized spacial score (nSPS) is 32.7. The first kappa shape index (κ1) is 48.8. The van der Waals surface area contributed by atoms with Gasteiger partial charge in [-0.05, 0) is 57.2 Å². The Hall–Kier alpha value is -5.60. The molecule has 2 bridgehead atoms. The van der Waals surface area contributed by atoms with Gasteiger partial charge in [0.05, 0.1) is 43.0 Å². The standard InChI is InChI=1S/C49H57NO17S/c1-23-29(21-49(60)24(2)31(23)34(52)40(53)48(6)30(51)20-28-27(22-63-28)32(48)41(49)66-43(56)26-16-11-8-12-17-26)64-44(57)35(33(25-14-9-7-10-15-25)50-46(59)67-47(3,4)5)65-45(58)39-37-36(38(68-39)42(54)55)61-18-13-19-62-37/h7-12,14-17,23-24,27-35,41,51-52,60H,13,18-22H2,1-6H3,(H,50,59)(H,54,55)/t23?,24-,27+,28+,29-,30-,31?,32-,33-,34+,35+,41-,48+,49-/m0/s1. The zero-order valence-corrected chi connectivity index (χ0v) is 39.3. The van der Waals surface area contributed by atoms with E-state index in [0.29, 0.717) is 17.8 Å². The molecule has 19 heteroatoms. The lowest BCUT2D eigenvalue weighted by atomic mass is 9.46. The molecule has 366 valence electrons. The Morgan fingerprint density at radius 3 is 2.13 bits per heavy atom. The van der Waals surface area contributed by atoms with Crippen molar-refractivity contribution in [3.05, 3.63) is 81.5 Å². The number of hydrogen-bond donors (Lipinski definition) is 5. The molecule has 5 aliphatic rings. The van der Waals surface area contributed by atoms with Gasteiger partial charge in [-0.15, -0.1) is 11.3 Å². The Morgan fingerprint density at radius 1 is 0.897 bits per heavy atom. The van der Waals surface area contributed by atoms with Crippen LogP contribution in [0.4, 0.5) is 4.79 Å². The van der Waals surface area contributed by atoms with Crippen LogP contribution < -0.4 is 14.8 Å². The number of Topliss-reactive ketones (excluding diaryl/α,β-unsaturated/α-hetero) is 1. The summed E-state index contributed by atoms with van der Waals surface area (Å²) in [7, 11) is 0. The number of carboxylic acid groups (broad SMARTS) is 1. The number of ether oxygens (including phenoxy) is 7. The number of benzene rings is 2. The molecule has 1 saturated heterocycles. The van der Waals surface area contributed by atoms with Crippen molar-refractivity contribution in [1.82, 2.24) is 5.32 Å². The molecule has 2 aliphatic heterocycles. The third-order valence-electron chi connectivity index (χ3n) is 14.4. The van der Waals surface area contributed by atoms with Gasteiger partial charge in [-0.1, -0.05) is 62.4 Å². The Morgan fingerprint density at radius 2 is 1.53 bits per heavy atom. The topological polar surface area (TPSA) is 260 Å². The molecular weight excluding hydrogens is 907 g/mol. The van der Waals surface area contributed by atoms with E-state index in [2.05, 4.69) is 5.32 Å². The van der Waals surface area contributed by atoms with E-state index in [1.807, 2.05) is 0 Å². The SMILES string of the molecule is CC1C2[C@@H](O)C(=O)[C@@]3(C)[C@@H]([C@@H]4CO[C@@H]4C[C@@H]3O)[C@H](OC(=O)c3ccccc3)[C@](O)(C[C@@H]1OC(=O)[C@H](OC(=O)c1sc(C(=O)O)c3c1OCCCO3)[C@@H](NC(=O)OC(C)(C)C)c1ccccc1)[C@H]2C. The fourth-order valence-corrected chi connectivity index (χ4v) is 11.8. The molecule has 0 radical (unpaired) electrons. The average Bonchev–Trinajstić information content (AvgIpc) is 3.49. The molecule has 3 saturated carbocycles. The van der Waals surface area contributed by atoms with E-state index in [1.54, 1.807) is 83.1 Å². The van der Waals surface area contributed by atoms with Crippen LogP contribution >= 0.6 is 11.3 Å². The lowest BCUT2D eigenvalue weighted by Crippen LogP contribution is -2.75. The number of alkyl carbamates (subject to hydrolysis) is 1. The molecule has 2 unspecified atom stereocenters. The van der Waals surface area contributed by atoms with Crippen molar-refractivity contribution >= 4 is 47.1 Å². The van der Waals surface area contributed by atoms with Gasteiger partial charge in [-0.2, -0.15) is 0 Å². The number of amides is 1. The first-order valence-corrected chi connectivity index (χ1v) is 23.6. The molecule has 1 aromatic heterocycles. The summed E-state index contributed by atoms with van der Waals surface area (Å²) in [6, 6.07) is 14.5. The summed E-state index contributed by atoms with van der Waals surface area (Å²) in [6.07, 6.45) is -9.74. The van der Waals surface area contributed by atoms with E-state index in [9.17, 15) is 44.4 Å². The van der Waals surface area contributed by atoms with Gasteiger partial charge in [0.1, 0.15) is 35.6 Å². The van der Waals surface area contributed by atoms with Crippen molar-refractivity contribution in [2.45, 2.75) is 115 Å². The summed E-state index contributed by atoms with van der Waals surface area (Å²) in [5.74, 6) is -10.5. The minimum Gasteiger partial charge on any atom is -0.488 e. The molecule has 0 spiro atoms. The number of carbonyl (C=O) groups excluding carboxylic acids is 5. The van der Waals surface area contributed by atoms with Crippen LogP contribution in [0, 0.1) is 35.0 Å². The summed E-state index contributed by atoms with van der Waals surface area (Å²) in [4.78, 5) is 83.8. The van der Waals surface area contributed by atoms with Crippen molar-refractivity contribution < 1.29 is 82.4 Å². The van der Waals surface area contributed by atoms with Gasteiger partial charge in [-0.3, -0.25) is 4.79 Å². The zero-order chi connectivity index (χ0) is 49.0. The number of thiophene rings is 1. The molecule has 2 aromatic carbocycles. The largest absolute Gasteiger partial charge is 0.488 e. The van der Waals surface area contributed by atoms with Crippen LogP contribution in [0.15, 0.2) is 60.7 Å². The van der Waals surface area contributed by atoms with Crippen molar-refractivity contribution in [2.24, 2.45) is 35.0 Å². The Bertz CT molecular complexity index is 2420. The van der Waals surface area contributed by atoms with E-state index < -0.39 is 131 Å². The molecule has 3 aliphatic carbocycles. The number of esters is 3. The lowest BCUT2D eigenvalue weighted by Gasteiger charge is -2.63. The second-order valence-corrected chi connectivity index (χ2v) is 20.6. The van der Waals surface area contributed by atoms with Crippen LogP contribution in [-0.2, 0) is 33.3 Å².